The molecule has 0 radical (unpaired) electrons. The van der Waals surface area contributed by atoms with Crippen LogP contribution in [-0.2, 0) is 33.6 Å². The first-order valence-corrected chi connectivity index (χ1v) is 19.2. The summed E-state index contributed by atoms with van der Waals surface area (Å²) in [7, 11) is 1.51. The minimum absolute atomic E-state index is 0.0193. The van der Waals surface area contributed by atoms with Crippen molar-refractivity contribution in [3.05, 3.63) is 75.5 Å². The van der Waals surface area contributed by atoms with Gasteiger partial charge in [0.15, 0.2) is 23.0 Å². The van der Waals surface area contributed by atoms with Crippen LogP contribution in [0.4, 0.5) is 4.79 Å². The van der Waals surface area contributed by atoms with E-state index < -0.39 is 60.0 Å². The van der Waals surface area contributed by atoms with Crippen LogP contribution >= 0.6 is 0 Å². The molecule has 4 aliphatic rings. The first-order valence-electron chi connectivity index (χ1n) is 19.2. The van der Waals surface area contributed by atoms with Gasteiger partial charge in [0.05, 0.1) is 25.2 Å². The third-order valence-electron chi connectivity index (χ3n) is 11.4. The Morgan fingerprint density at radius 2 is 1.82 bits per heavy atom. The summed E-state index contributed by atoms with van der Waals surface area (Å²) >= 11 is 0. The molecule has 0 saturated carbocycles. The van der Waals surface area contributed by atoms with Crippen LogP contribution in [0.25, 0.3) is 10.9 Å². The van der Waals surface area contributed by atoms with E-state index in [0.29, 0.717) is 51.7 Å². The maximum atomic E-state index is 14.5. The van der Waals surface area contributed by atoms with Crippen molar-refractivity contribution in [3.8, 4) is 28.7 Å². The molecular formula is C42H49N5O10. The number of ether oxygens (including phenoxy) is 5. The molecular weight excluding hydrogens is 734 g/mol. The summed E-state index contributed by atoms with van der Waals surface area (Å²) in [5.41, 5.74) is 5.09. The molecule has 1 saturated heterocycles. The van der Waals surface area contributed by atoms with Crippen LogP contribution < -0.4 is 34.9 Å². The number of carbonyl (C=O) groups excluding carboxylic acids is 3. The third kappa shape index (κ3) is 6.76. The summed E-state index contributed by atoms with van der Waals surface area (Å²) in [5.74, 6) is 0.550. The normalized spacial score (nSPS) is 22.5. The average Bonchev–Trinajstić information content (AvgIpc) is 3.81. The zero-order chi connectivity index (χ0) is 40.5. The van der Waals surface area contributed by atoms with Crippen molar-refractivity contribution in [1.82, 2.24) is 25.8 Å². The minimum atomic E-state index is -1.06. The van der Waals surface area contributed by atoms with Crippen LogP contribution in [0.3, 0.4) is 0 Å². The number of nitrogens with one attached hydrogen (secondary N) is 4. The van der Waals surface area contributed by atoms with E-state index in [-0.39, 0.29) is 31.9 Å². The Bertz CT molecular complexity index is 2280. The first-order chi connectivity index (χ1) is 27.1. The molecule has 4 aromatic rings. The van der Waals surface area contributed by atoms with Crippen molar-refractivity contribution < 1.29 is 48.3 Å². The Labute approximate surface area is 329 Å². The van der Waals surface area contributed by atoms with Crippen LogP contribution in [0.15, 0.2) is 36.5 Å². The van der Waals surface area contributed by atoms with Crippen molar-refractivity contribution in [2.75, 3.05) is 20.4 Å². The number of aliphatic hydroxyl groups excluding tert-OH is 1. The number of aromatic amines is 1. The van der Waals surface area contributed by atoms with Crippen LogP contribution in [0.1, 0.15) is 78.7 Å². The molecule has 1 unspecified atom stereocenters. The van der Waals surface area contributed by atoms with E-state index >= 15 is 0 Å². The van der Waals surface area contributed by atoms with Crippen molar-refractivity contribution in [3.63, 3.8) is 0 Å². The SMILES string of the molecule is COc1c(C)cc2c(c1O)[C@H]1N[C@H](C2)[C@H](O)N2C1Cc1c(OC(C)=O)c(C)c3c(c1[C@@H]2CNC(=O)[C@H](Cc1c[nH]c2ccccc12)NC(=O)OC(C)(C)C)OCO3. The van der Waals surface area contributed by atoms with E-state index in [1.807, 2.05) is 48.4 Å². The quantitative estimate of drug-likeness (QED) is 0.110. The molecule has 0 spiro atoms. The van der Waals surface area contributed by atoms with Gasteiger partial charge in [-0.1, -0.05) is 24.3 Å². The average molecular weight is 784 g/mol. The second kappa shape index (κ2) is 14.5. The number of H-pyrrole nitrogens is 1. The third-order valence-corrected chi connectivity index (χ3v) is 11.4. The lowest BCUT2D eigenvalue weighted by molar-refractivity contribution is -0.133. The van der Waals surface area contributed by atoms with Crippen LogP contribution in [0, 0.1) is 13.8 Å². The fourth-order valence-electron chi connectivity index (χ4n) is 9.21. The van der Waals surface area contributed by atoms with Gasteiger partial charge in [0, 0.05) is 65.3 Å². The smallest absolute Gasteiger partial charge is 0.408 e. The largest absolute Gasteiger partial charge is 0.504 e. The number of phenols is 1. The highest BCUT2D eigenvalue weighted by molar-refractivity contribution is 5.88. The number of amides is 2. The number of hydrogen-bond donors (Lipinski definition) is 6. The molecule has 15 nitrogen and oxygen atoms in total. The van der Waals surface area contributed by atoms with E-state index in [1.165, 1.54) is 14.0 Å². The Morgan fingerprint density at radius 3 is 2.56 bits per heavy atom. The van der Waals surface area contributed by atoms with Crippen molar-refractivity contribution in [1.29, 1.82) is 0 Å². The molecule has 5 heterocycles. The van der Waals surface area contributed by atoms with Gasteiger partial charge in [0.25, 0.3) is 0 Å². The van der Waals surface area contributed by atoms with E-state index in [4.69, 9.17) is 23.7 Å². The van der Waals surface area contributed by atoms with Gasteiger partial charge in [-0.3, -0.25) is 14.5 Å². The van der Waals surface area contributed by atoms with Gasteiger partial charge >= 0.3 is 12.1 Å². The zero-order valence-corrected chi connectivity index (χ0v) is 33.1. The second-order valence-electron chi connectivity index (χ2n) is 16.3. The summed E-state index contributed by atoms with van der Waals surface area (Å²) in [5, 5.41) is 34.4. The highest BCUT2D eigenvalue weighted by Crippen LogP contribution is 2.56. The molecule has 1 aromatic heterocycles. The fourth-order valence-corrected chi connectivity index (χ4v) is 9.21. The molecule has 0 aliphatic carbocycles. The van der Waals surface area contributed by atoms with Gasteiger partial charge in [-0.05, 0) is 70.2 Å². The lowest BCUT2D eigenvalue weighted by atomic mass is 9.74. The molecule has 2 amide bonds. The number of benzene rings is 3. The summed E-state index contributed by atoms with van der Waals surface area (Å²) < 4.78 is 29.2. The molecule has 6 N–H and O–H groups in total. The molecule has 3 aromatic carbocycles. The highest BCUT2D eigenvalue weighted by Gasteiger charge is 2.54. The molecule has 2 bridgehead atoms. The Hall–Kier alpha value is -5.51. The van der Waals surface area contributed by atoms with Crippen LogP contribution in [0.2, 0.25) is 0 Å². The van der Waals surface area contributed by atoms with Gasteiger partial charge < -0.3 is 54.8 Å². The number of aromatic hydroxyl groups is 1. The molecule has 1 fully saturated rings. The van der Waals surface area contributed by atoms with Gasteiger partial charge in [-0.25, -0.2) is 4.79 Å². The Morgan fingerprint density at radius 1 is 1.07 bits per heavy atom. The molecule has 57 heavy (non-hydrogen) atoms. The number of carbonyl (C=O) groups is 3. The van der Waals surface area contributed by atoms with Crippen molar-refractivity contribution in [2.45, 2.75) is 103 Å². The summed E-state index contributed by atoms with van der Waals surface area (Å²) in [6, 6.07) is 6.44. The number of fused-ring (bicyclic) bond motifs is 10. The molecule has 302 valence electrons. The van der Waals surface area contributed by atoms with E-state index in [9.17, 15) is 24.6 Å². The number of aryl methyl sites for hydroxylation is 1. The first kappa shape index (κ1) is 38.4. The molecule has 4 aliphatic heterocycles. The monoisotopic (exact) mass is 783 g/mol. The number of methoxy groups -OCH3 is 1. The highest BCUT2D eigenvalue weighted by atomic mass is 16.7. The number of rotatable bonds is 8. The van der Waals surface area contributed by atoms with Gasteiger partial charge in [-0.2, -0.15) is 0 Å². The predicted octanol–water partition coefficient (Wildman–Crippen LogP) is 4.26. The van der Waals surface area contributed by atoms with E-state index in [2.05, 4.69) is 20.9 Å². The van der Waals surface area contributed by atoms with Crippen molar-refractivity contribution in [2.24, 2.45) is 0 Å². The van der Waals surface area contributed by atoms with Gasteiger partial charge in [0.2, 0.25) is 12.7 Å². The van der Waals surface area contributed by atoms with Gasteiger partial charge in [0.1, 0.15) is 23.6 Å². The number of esters is 1. The van der Waals surface area contributed by atoms with Gasteiger partial charge in [-0.15, -0.1) is 0 Å². The Kier molecular flexibility index (Phi) is 9.73. The minimum Gasteiger partial charge on any atom is -0.504 e. The lowest BCUT2D eigenvalue weighted by Crippen LogP contribution is -2.69. The number of aliphatic hydroxyl groups is 1. The second-order valence-corrected chi connectivity index (χ2v) is 16.3. The summed E-state index contributed by atoms with van der Waals surface area (Å²) in [6.45, 7) is 10.1. The topological polar surface area (TPSA) is 193 Å². The van der Waals surface area contributed by atoms with Crippen LogP contribution in [-0.4, -0.2) is 88.5 Å². The zero-order valence-electron chi connectivity index (χ0n) is 33.1. The number of para-hydroxylation sites is 1. The molecule has 6 atom stereocenters. The number of aromatic nitrogens is 1. The number of hydrogen-bond acceptors (Lipinski definition) is 12. The molecule has 8 rings (SSSR count). The number of piperazine rings is 1. The van der Waals surface area contributed by atoms with Crippen LogP contribution in [0.5, 0.6) is 28.7 Å². The lowest BCUT2D eigenvalue weighted by Gasteiger charge is -2.57. The number of nitrogens with zero attached hydrogens (tertiary/aromatic N) is 1. The molecule has 15 heteroatoms. The van der Waals surface area contributed by atoms with Crippen molar-refractivity contribution >= 4 is 28.9 Å². The maximum absolute atomic E-state index is 14.5. The summed E-state index contributed by atoms with van der Waals surface area (Å²) in [4.78, 5) is 45.5. The maximum Gasteiger partial charge on any atom is 0.408 e. The standard InChI is InChI=1S/C42H49N5O10/c1-19-12-22-13-28-40(51)47-29(33(45-28)31(22)34(49)35(19)53-7)15-25-32(38-37(54-18-55-38)20(2)36(25)56-21(3)48)30(47)17-44-39(50)27(46-41(52)57-42(4,5)6)14-23-16-43-26-11-9-8-10-24(23)26/h8-12,16,27-30,33,40,43,45,49,51H,13-15,17-18H2,1-7H3,(H,44,50)(H,46,52)/t27-,28+,29?,30-,33-,40-/m0/s1. The summed E-state index contributed by atoms with van der Waals surface area (Å²) in [6.07, 6.45) is 0.862. The van der Waals surface area contributed by atoms with E-state index in [0.717, 1.165) is 27.6 Å². The number of phenolic OH excluding ortho intramolecular Hbond substituents is 1. The number of alkyl carbamates (subject to hydrolysis) is 1. The predicted molar refractivity (Wildman–Crippen MR) is 208 cm³/mol. The van der Waals surface area contributed by atoms with E-state index in [1.54, 1.807) is 27.7 Å². The Balaban J connectivity index is 1.21. The fraction of sp³-hybridized carbons (Fsp3) is 0.452.